The monoisotopic (exact) mass is 385 g/mol. The van der Waals surface area contributed by atoms with Crippen molar-refractivity contribution in [2.45, 2.75) is 26.7 Å². The second-order valence-corrected chi connectivity index (χ2v) is 7.91. The molecule has 7 heteroatoms. The van der Waals surface area contributed by atoms with Crippen LogP contribution in [0, 0.1) is 13.8 Å². The molecule has 0 saturated carbocycles. The molecule has 3 amide bonds. The first-order valence-electron chi connectivity index (χ1n) is 8.99. The fourth-order valence-corrected chi connectivity index (χ4v) is 3.88. The summed E-state index contributed by atoms with van der Waals surface area (Å²) in [6.07, 6.45) is 2.06. The maximum Gasteiger partial charge on any atom is 0.261 e. The van der Waals surface area contributed by atoms with Crippen molar-refractivity contribution in [1.29, 1.82) is 0 Å². The zero-order valence-corrected chi connectivity index (χ0v) is 16.3. The van der Waals surface area contributed by atoms with Gasteiger partial charge in [-0.15, -0.1) is 11.3 Å². The molecule has 142 valence electrons. The van der Waals surface area contributed by atoms with E-state index in [1.807, 2.05) is 24.8 Å². The van der Waals surface area contributed by atoms with Gasteiger partial charge in [0.05, 0.1) is 11.4 Å². The van der Waals surface area contributed by atoms with Crippen molar-refractivity contribution in [2.24, 2.45) is 0 Å². The number of amides is 3. The van der Waals surface area contributed by atoms with E-state index in [4.69, 9.17) is 0 Å². The maximum absolute atomic E-state index is 12.6. The smallest absolute Gasteiger partial charge is 0.261 e. The molecular formula is C20H23N3O3S. The molecule has 1 saturated heterocycles. The van der Waals surface area contributed by atoms with Crippen LogP contribution in [0.2, 0.25) is 0 Å². The molecule has 1 aromatic heterocycles. The molecule has 0 bridgehead atoms. The van der Waals surface area contributed by atoms with Crippen LogP contribution in [0.5, 0.6) is 0 Å². The molecule has 3 rings (SSSR count). The second kappa shape index (κ2) is 8.35. The van der Waals surface area contributed by atoms with Gasteiger partial charge in [-0.3, -0.25) is 14.4 Å². The number of benzene rings is 1. The molecule has 27 heavy (non-hydrogen) atoms. The molecule has 0 aliphatic carbocycles. The minimum Gasteiger partial charge on any atom is -0.342 e. The summed E-state index contributed by atoms with van der Waals surface area (Å²) >= 11 is 1.39. The number of hydrogen-bond acceptors (Lipinski definition) is 4. The van der Waals surface area contributed by atoms with Crippen molar-refractivity contribution in [2.75, 3.05) is 25.0 Å². The lowest BCUT2D eigenvalue weighted by Crippen LogP contribution is -2.33. The summed E-state index contributed by atoms with van der Waals surface area (Å²) in [7, 11) is 0. The van der Waals surface area contributed by atoms with Gasteiger partial charge in [-0.1, -0.05) is 6.07 Å². The van der Waals surface area contributed by atoms with Gasteiger partial charge in [-0.25, -0.2) is 0 Å². The summed E-state index contributed by atoms with van der Waals surface area (Å²) in [4.78, 5) is 40.4. The Kier molecular flexibility index (Phi) is 5.91. The molecule has 1 aliphatic rings. The highest BCUT2D eigenvalue weighted by Crippen LogP contribution is 2.22. The lowest BCUT2D eigenvalue weighted by atomic mass is 10.1. The van der Waals surface area contributed by atoms with E-state index in [-0.39, 0.29) is 24.3 Å². The van der Waals surface area contributed by atoms with E-state index in [9.17, 15) is 14.4 Å². The zero-order chi connectivity index (χ0) is 19.4. The van der Waals surface area contributed by atoms with Crippen molar-refractivity contribution >= 4 is 34.7 Å². The van der Waals surface area contributed by atoms with Gasteiger partial charge in [0, 0.05) is 29.2 Å². The predicted octanol–water partition coefficient (Wildman–Crippen LogP) is 2.97. The van der Waals surface area contributed by atoms with Crippen LogP contribution in [0.1, 0.15) is 43.3 Å². The first kappa shape index (κ1) is 19.1. The summed E-state index contributed by atoms with van der Waals surface area (Å²) in [5.41, 5.74) is 1.93. The molecule has 6 nitrogen and oxygen atoms in total. The summed E-state index contributed by atoms with van der Waals surface area (Å²) in [5, 5.41) is 5.41. The van der Waals surface area contributed by atoms with Crippen LogP contribution < -0.4 is 10.6 Å². The van der Waals surface area contributed by atoms with Crippen LogP contribution in [-0.4, -0.2) is 42.3 Å². The number of nitrogens with one attached hydrogen (secondary N) is 2. The minimum atomic E-state index is -0.328. The van der Waals surface area contributed by atoms with Crippen molar-refractivity contribution < 1.29 is 14.4 Å². The average molecular weight is 385 g/mol. The lowest BCUT2D eigenvalue weighted by molar-refractivity contribution is -0.115. The summed E-state index contributed by atoms with van der Waals surface area (Å²) in [6, 6.07) is 8.92. The molecule has 2 aromatic rings. The van der Waals surface area contributed by atoms with Gasteiger partial charge >= 0.3 is 0 Å². The number of carbonyl (C=O) groups is 3. The first-order chi connectivity index (χ1) is 13.0. The van der Waals surface area contributed by atoms with Gasteiger partial charge in [0.15, 0.2) is 0 Å². The van der Waals surface area contributed by atoms with Crippen molar-refractivity contribution in [3.8, 4) is 0 Å². The van der Waals surface area contributed by atoms with E-state index in [2.05, 4.69) is 10.6 Å². The Hall–Kier alpha value is -2.67. The molecule has 0 radical (unpaired) electrons. The Morgan fingerprint density at radius 1 is 1.07 bits per heavy atom. The topological polar surface area (TPSA) is 78.5 Å². The molecular weight excluding hydrogens is 362 g/mol. The fraction of sp³-hybridized carbons (Fsp3) is 0.350. The highest BCUT2D eigenvalue weighted by atomic mass is 32.1. The van der Waals surface area contributed by atoms with Crippen LogP contribution in [0.3, 0.4) is 0 Å². The van der Waals surface area contributed by atoms with Crippen molar-refractivity contribution in [3.05, 3.63) is 51.2 Å². The van der Waals surface area contributed by atoms with Gasteiger partial charge in [-0.2, -0.15) is 0 Å². The van der Waals surface area contributed by atoms with E-state index in [1.54, 1.807) is 24.3 Å². The number of nitrogens with zero attached hydrogens (tertiary/aromatic N) is 1. The average Bonchev–Trinajstić information content (AvgIpc) is 3.33. The third-order valence-electron chi connectivity index (χ3n) is 4.61. The SMILES string of the molecule is Cc1ccc(C(=O)NCC(=O)Nc2cccc(C(=O)N3CCCC3)c2C)s1. The number of anilines is 1. The fourth-order valence-electron chi connectivity index (χ4n) is 3.09. The van der Waals surface area contributed by atoms with Crippen molar-refractivity contribution in [3.63, 3.8) is 0 Å². The number of carbonyl (C=O) groups excluding carboxylic acids is 3. The quantitative estimate of drug-likeness (QED) is 0.831. The third-order valence-corrected chi connectivity index (χ3v) is 5.60. The number of rotatable bonds is 5. The van der Waals surface area contributed by atoms with Gasteiger partial charge in [0.2, 0.25) is 5.91 Å². The van der Waals surface area contributed by atoms with E-state index in [0.717, 1.165) is 36.4 Å². The maximum atomic E-state index is 12.6. The molecule has 2 N–H and O–H groups in total. The Labute approximate surface area is 162 Å². The first-order valence-corrected chi connectivity index (χ1v) is 9.80. The highest BCUT2D eigenvalue weighted by Gasteiger charge is 2.22. The Morgan fingerprint density at radius 2 is 1.81 bits per heavy atom. The summed E-state index contributed by atoms with van der Waals surface area (Å²) in [6.45, 7) is 5.19. The van der Waals surface area contributed by atoms with Gasteiger partial charge < -0.3 is 15.5 Å². The lowest BCUT2D eigenvalue weighted by Gasteiger charge is -2.18. The summed E-state index contributed by atoms with van der Waals surface area (Å²) in [5.74, 6) is -0.592. The Balaban J connectivity index is 1.61. The van der Waals surface area contributed by atoms with Crippen LogP contribution in [0.25, 0.3) is 0 Å². The number of hydrogen-bond donors (Lipinski definition) is 2. The number of aryl methyl sites for hydroxylation is 1. The van der Waals surface area contributed by atoms with Gasteiger partial charge in [0.25, 0.3) is 11.8 Å². The van der Waals surface area contributed by atoms with E-state index >= 15 is 0 Å². The predicted molar refractivity (Wildman–Crippen MR) is 106 cm³/mol. The molecule has 0 atom stereocenters. The van der Waals surface area contributed by atoms with Gasteiger partial charge in [-0.05, 0) is 56.5 Å². The largest absolute Gasteiger partial charge is 0.342 e. The third kappa shape index (κ3) is 4.54. The molecule has 2 heterocycles. The second-order valence-electron chi connectivity index (χ2n) is 6.62. The van der Waals surface area contributed by atoms with Crippen LogP contribution in [0.4, 0.5) is 5.69 Å². The molecule has 1 fully saturated rings. The van der Waals surface area contributed by atoms with E-state index < -0.39 is 0 Å². The standard InChI is InChI=1S/C20H23N3O3S/c1-13-8-9-17(27-13)19(25)21-12-18(24)22-16-7-5-6-15(14(16)2)20(26)23-10-3-4-11-23/h5-9H,3-4,10-12H2,1-2H3,(H,21,25)(H,22,24). The molecule has 1 aliphatic heterocycles. The van der Waals surface area contributed by atoms with Crippen LogP contribution in [0.15, 0.2) is 30.3 Å². The minimum absolute atomic E-state index is 0.00228. The highest BCUT2D eigenvalue weighted by molar-refractivity contribution is 7.13. The number of thiophene rings is 1. The van der Waals surface area contributed by atoms with E-state index in [1.165, 1.54) is 11.3 Å². The van der Waals surface area contributed by atoms with Crippen LogP contribution in [-0.2, 0) is 4.79 Å². The van der Waals surface area contributed by atoms with Crippen LogP contribution >= 0.6 is 11.3 Å². The Morgan fingerprint density at radius 3 is 2.48 bits per heavy atom. The summed E-state index contributed by atoms with van der Waals surface area (Å²) < 4.78 is 0. The zero-order valence-electron chi connectivity index (χ0n) is 15.5. The number of likely N-dealkylation sites (tertiary alicyclic amines) is 1. The molecule has 1 aromatic carbocycles. The van der Waals surface area contributed by atoms with Crippen molar-refractivity contribution in [1.82, 2.24) is 10.2 Å². The van der Waals surface area contributed by atoms with E-state index in [0.29, 0.717) is 16.1 Å². The molecule has 0 unspecified atom stereocenters. The Bertz CT molecular complexity index is 869. The van der Waals surface area contributed by atoms with Gasteiger partial charge in [0.1, 0.15) is 0 Å². The normalized spacial score (nSPS) is 13.5. The molecule has 0 spiro atoms.